The molecule has 2 aromatic heterocycles. The monoisotopic (exact) mass is 441 g/mol. The van der Waals surface area contributed by atoms with Crippen molar-refractivity contribution < 1.29 is 4.79 Å². The summed E-state index contributed by atoms with van der Waals surface area (Å²) in [6.45, 7) is 4.64. The second-order valence-electron chi connectivity index (χ2n) is 7.07. The highest BCUT2D eigenvalue weighted by Gasteiger charge is 2.14. The van der Waals surface area contributed by atoms with Crippen LogP contribution in [0.2, 0.25) is 0 Å². The Hall–Kier alpha value is -1.96. The Balaban J connectivity index is 0.00000210. The first-order valence-electron chi connectivity index (χ1n) is 9.61. The summed E-state index contributed by atoms with van der Waals surface area (Å²) < 4.78 is 0. The van der Waals surface area contributed by atoms with Gasteiger partial charge in [-0.3, -0.25) is 14.6 Å². The highest BCUT2D eigenvalue weighted by molar-refractivity contribution is 5.85. The van der Waals surface area contributed by atoms with E-state index in [2.05, 4.69) is 25.6 Å². The van der Waals surface area contributed by atoms with E-state index in [1.165, 1.54) is 12.8 Å². The largest absolute Gasteiger partial charge is 0.356 e. The van der Waals surface area contributed by atoms with Crippen LogP contribution in [0.1, 0.15) is 36.9 Å². The number of aryl methyl sites for hydroxylation is 1. The van der Waals surface area contributed by atoms with Gasteiger partial charge in [0.1, 0.15) is 5.82 Å². The summed E-state index contributed by atoms with van der Waals surface area (Å²) in [5.41, 5.74) is 1.79. The molecule has 1 amide bonds. The molecule has 1 unspecified atom stereocenters. The summed E-state index contributed by atoms with van der Waals surface area (Å²) >= 11 is 0. The molecule has 3 rings (SSSR count). The lowest BCUT2D eigenvalue weighted by atomic mass is 9.96. The van der Waals surface area contributed by atoms with Gasteiger partial charge in [-0.1, -0.05) is 0 Å². The molecule has 2 aromatic rings. The molecule has 1 saturated heterocycles. The fourth-order valence-corrected chi connectivity index (χ4v) is 3.46. The summed E-state index contributed by atoms with van der Waals surface area (Å²) in [6, 6.07) is 3.64. The van der Waals surface area contributed by atoms with Gasteiger partial charge in [0, 0.05) is 42.2 Å². The molecule has 3 N–H and O–H groups in total. The Morgan fingerprint density at radius 1 is 1.34 bits per heavy atom. The molecule has 1 aliphatic rings. The molecule has 3 heterocycles. The maximum Gasteiger partial charge on any atom is 0.254 e. The number of halogens is 2. The van der Waals surface area contributed by atoms with E-state index in [1.807, 2.05) is 6.07 Å². The van der Waals surface area contributed by atoms with Crippen LogP contribution in [-0.4, -0.2) is 40.5 Å². The third-order valence-corrected chi connectivity index (χ3v) is 5.03. The van der Waals surface area contributed by atoms with E-state index in [-0.39, 0.29) is 36.3 Å². The van der Waals surface area contributed by atoms with Crippen LogP contribution in [0.3, 0.4) is 0 Å². The van der Waals surface area contributed by atoms with E-state index in [4.69, 9.17) is 0 Å². The predicted molar refractivity (Wildman–Crippen MR) is 119 cm³/mol. The lowest BCUT2D eigenvalue weighted by Gasteiger charge is -2.22. The second kappa shape index (κ2) is 12.6. The van der Waals surface area contributed by atoms with Gasteiger partial charge in [0.2, 0.25) is 5.91 Å². The van der Waals surface area contributed by atoms with Crippen molar-refractivity contribution in [3.05, 3.63) is 46.1 Å². The van der Waals surface area contributed by atoms with Gasteiger partial charge in [-0.25, -0.2) is 4.98 Å². The van der Waals surface area contributed by atoms with Crippen LogP contribution in [0, 0.1) is 12.8 Å². The van der Waals surface area contributed by atoms with Crippen molar-refractivity contribution >= 4 is 30.7 Å². The van der Waals surface area contributed by atoms with Crippen LogP contribution < -0.4 is 16.2 Å². The average molecular weight is 442 g/mol. The first-order valence-corrected chi connectivity index (χ1v) is 9.61. The number of carbonyl (C=O) groups excluding carboxylic acids is 1. The Kier molecular flexibility index (Phi) is 10.9. The molecular weight excluding hydrogens is 413 g/mol. The highest BCUT2D eigenvalue weighted by atomic mass is 35.5. The minimum Gasteiger partial charge on any atom is -0.356 e. The number of pyridine rings is 1. The SMILES string of the molecule is Cc1nc(-c2cccnc2)[nH]c(=O)c1CCC(=O)NCCC1CCCNC1.Cl.Cl. The van der Waals surface area contributed by atoms with Gasteiger partial charge in [-0.05, 0) is 63.7 Å². The predicted octanol–water partition coefficient (Wildman–Crippen LogP) is 2.42. The van der Waals surface area contributed by atoms with Crippen LogP contribution in [0.4, 0.5) is 0 Å². The van der Waals surface area contributed by atoms with Crippen LogP contribution in [0.15, 0.2) is 29.3 Å². The number of hydrogen-bond acceptors (Lipinski definition) is 5. The van der Waals surface area contributed by atoms with Crippen molar-refractivity contribution in [2.45, 2.75) is 39.0 Å². The molecular formula is C20H29Cl2N5O2. The van der Waals surface area contributed by atoms with E-state index in [0.29, 0.717) is 42.4 Å². The van der Waals surface area contributed by atoms with Crippen LogP contribution in [0.5, 0.6) is 0 Å². The van der Waals surface area contributed by atoms with Gasteiger partial charge < -0.3 is 15.6 Å². The number of aromatic amines is 1. The third kappa shape index (κ3) is 7.42. The summed E-state index contributed by atoms with van der Waals surface area (Å²) in [4.78, 5) is 35.8. The zero-order valence-corrected chi connectivity index (χ0v) is 18.2. The molecule has 0 saturated carbocycles. The number of amides is 1. The van der Waals surface area contributed by atoms with Crippen molar-refractivity contribution in [3.8, 4) is 11.4 Å². The summed E-state index contributed by atoms with van der Waals surface area (Å²) in [5, 5.41) is 6.36. The molecule has 0 bridgehead atoms. The van der Waals surface area contributed by atoms with E-state index < -0.39 is 0 Å². The molecule has 7 nitrogen and oxygen atoms in total. The Bertz CT molecular complexity index is 823. The highest BCUT2D eigenvalue weighted by Crippen LogP contribution is 2.14. The van der Waals surface area contributed by atoms with E-state index >= 15 is 0 Å². The molecule has 9 heteroatoms. The maximum atomic E-state index is 12.4. The van der Waals surface area contributed by atoms with Crippen molar-refractivity contribution in [2.75, 3.05) is 19.6 Å². The van der Waals surface area contributed by atoms with Gasteiger partial charge in [0.25, 0.3) is 5.56 Å². The number of piperidine rings is 1. The summed E-state index contributed by atoms with van der Waals surface area (Å²) in [5.74, 6) is 1.13. The molecule has 0 aliphatic carbocycles. The zero-order valence-electron chi connectivity index (χ0n) is 16.6. The van der Waals surface area contributed by atoms with Gasteiger partial charge >= 0.3 is 0 Å². The third-order valence-electron chi connectivity index (χ3n) is 5.03. The van der Waals surface area contributed by atoms with Crippen LogP contribution in [0.25, 0.3) is 11.4 Å². The number of aromatic nitrogens is 3. The van der Waals surface area contributed by atoms with Gasteiger partial charge in [-0.15, -0.1) is 24.8 Å². The topological polar surface area (TPSA) is 99.8 Å². The zero-order chi connectivity index (χ0) is 19.1. The number of carbonyl (C=O) groups is 1. The molecule has 1 fully saturated rings. The number of H-pyrrole nitrogens is 1. The summed E-state index contributed by atoms with van der Waals surface area (Å²) in [6.07, 6.45) is 7.45. The Morgan fingerprint density at radius 3 is 2.83 bits per heavy atom. The molecule has 1 aliphatic heterocycles. The van der Waals surface area contributed by atoms with Gasteiger partial charge in [-0.2, -0.15) is 0 Å². The van der Waals surface area contributed by atoms with Gasteiger partial charge in [0.05, 0.1) is 0 Å². The smallest absolute Gasteiger partial charge is 0.254 e. The van der Waals surface area contributed by atoms with E-state index in [0.717, 1.165) is 25.1 Å². The first kappa shape index (κ1) is 25.1. The van der Waals surface area contributed by atoms with E-state index in [1.54, 1.807) is 25.4 Å². The lowest BCUT2D eigenvalue weighted by Crippen LogP contribution is -2.33. The van der Waals surface area contributed by atoms with Crippen LogP contribution >= 0.6 is 24.8 Å². The fourth-order valence-electron chi connectivity index (χ4n) is 3.46. The molecule has 0 aromatic carbocycles. The first-order chi connectivity index (χ1) is 13.1. The minimum atomic E-state index is -0.192. The van der Waals surface area contributed by atoms with Crippen molar-refractivity contribution in [1.29, 1.82) is 0 Å². The number of nitrogens with one attached hydrogen (secondary N) is 3. The molecule has 0 radical (unpaired) electrons. The second-order valence-corrected chi connectivity index (χ2v) is 7.07. The van der Waals surface area contributed by atoms with Crippen molar-refractivity contribution in [2.24, 2.45) is 5.92 Å². The van der Waals surface area contributed by atoms with Crippen molar-refractivity contribution in [1.82, 2.24) is 25.6 Å². The molecule has 0 spiro atoms. The average Bonchev–Trinajstić information content (AvgIpc) is 2.69. The maximum absolute atomic E-state index is 12.4. The molecule has 29 heavy (non-hydrogen) atoms. The van der Waals surface area contributed by atoms with Crippen LogP contribution in [-0.2, 0) is 11.2 Å². The fraction of sp³-hybridized carbons (Fsp3) is 0.500. The normalized spacial score (nSPS) is 15.7. The molecule has 1 atom stereocenters. The quantitative estimate of drug-likeness (QED) is 0.612. The van der Waals surface area contributed by atoms with E-state index in [9.17, 15) is 9.59 Å². The minimum absolute atomic E-state index is 0. The standard InChI is InChI=1S/C20H27N5O2.2ClH/c1-14-17(20(27)25-19(24-14)16-5-3-10-22-13-16)6-7-18(26)23-11-8-15-4-2-9-21-12-15;;/h3,5,10,13,15,21H,2,4,6-9,11-12H2,1H3,(H,23,26)(H,24,25,27);2*1H. The Labute approximate surface area is 183 Å². The van der Waals surface area contributed by atoms with Gasteiger partial charge in [0.15, 0.2) is 0 Å². The summed E-state index contributed by atoms with van der Waals surface area (Å²) in [7, 11) is 0. The number of hydrogen-bond donors (Lipinski definition) is 3. The number of rotatable bonds is 7. The van der Waals surface area contributed by atoms with Crippen molar-refractivity contribution in [3.63, 3.8) is 0 Å². The lowest BCUT2D eigenvalue weighted by molar-refractivity contribution is -0.121. The Morgan fingerprint density at radius 2 is 2.17 bits per heavy atom. The molecule has 160 valence electrons. The number of nitrogens with zero attached hydrogens (tertiary/aromatic N) is 2.